The molecule has 0 unspecified atom stereocenters. The summed E-state index contributed by atoms with van der Waals surface area (Å²) in [6.45, 7) is 1.50. The number of urea groups is 1. The molecule has 0 aliphatic heterocycles. The van der Waals surface area contributed by atoms with Gasteiger partial charge in [-0.3, -0.25) is 4.79 Å². The lowest BCUT2D eigenvalue weighted by Gasteiger charge is -2.19. The molecular weight excluding hydrogens is 384 g/mol. The fourth-order valence-electron chi connectivity index (χ4n) is 1.82. The number of thioether (sulfide) groups is 1. The van der Waals surface area contributed by atoms with Crippen molar-refractivity contribution in [3.8, 4) is 0 Å². The van der Waals surface area contributed by atoms with E-state index in [9.17, 15) is 14.4 Å². The van der Waals surface area contributed by atoms with Gasteiger partial charge in [-0.2, -0.15) is 11.8 Å². The lowest BCUT2D eigenvalue weighted by molar-refractivity contribution is -0.148. The maximum atomic E-state index is 12.2. The molecule has 0 aliphatic carbocycles. The fourth-order valence-corrected chi connectivity index (χ4v) is 2.55. The molecule has 0 fully saturated rings. The topological polar surface area (TPSA) is 98.5 Å². The van der Waals surface area contributed by atoms with Crippen LogP contribution >= 0.6 is 27.7 Å². The average molecular weight is 403 g/mol. The number of ketones is 1. The first kappa shape index (κ1) is 19.5. The van der Waals surface area contributed by atoms with Gasteiger partial charge in [0.1, 0.15) is 6.04 Å². The molecule has 126 valence electrons. The van der Waals surface area contributed by atoms with E-state index < -0.39 is 24.1 Å². The molecule has 3 N–H and O–H groups in total. The quantitative estimate of drug-likeness (QED) is 0.513. The number of nitrogens with one attached hydrogen (secondary N) is 1. The first-order chi connectivity index (χ1) is 10.8. The Kier molecular flexibility index (Phi) is 8.11. The van der Waals surface area contributed by atoms with Crippen molar-refractivity contribution in [2.75, 3.05) is 12.0 Å². The minimum Gasteiger partial charge on any atom is -0.453 e. The number of carbonyl (C=O) groups is 3. The van der Waals surface area contributed by atoms with Crippen LogP contribution in [0.4, 0.5) is 4.79 Å². The molecule has 0 spiro atoms. The highest BCUT2D eigenvalue weighted by molar-refractivity contribution is 9.10. The Bertz CT molecular complexity index is 565. The highest BCUT2D eigenvalue weighted by Gasteiger charge is 2.26. The van der Waals surface area contributed by atoms with Gasteiger partial charge in [0.25, 0.3) is 0 Å². The van der Waals surface area contributed by atoms with E-state index in [-0.39, 0.29) is 5.78 Å². The Hall–Kier alpha value is -1.54. The SMILES string of the molecule is CSCC[C@H](NC(N)=O)C(=O)O[C@@H](C)C(=O)c1ccc(Br)cc1. The zero-order chi connectivity index (χ0) is 17.4. The highest BCUT2D eigenvalue weighted by Crippen LogP contribution is 2.14. The van der Waals surface area contributed by atoms with Crippen molar-refractivity contribution >= 4 is 45.5 Å². The predicted molar refractivity (Wildman–Crippen MR) is 93.5 cm³/mol. The lowest BCUT2D eigenvalue weighted by Crippen LogP contribution is -2.46. The second-order valence-corrected chi connectivity index (χ2v) is 6.69. The molecule has 1 aromatic carbocycles. The summed E-state index contributed by atoms with van der Waals surface area (Å²) in [5.41, 5.74) is 5.50. The van der Waals surface area contributed by atoms with Gasteiger partial charge >= 0.3 is 12.0 Å². The summed E-state index contributed by atoms with van der Waals surface area (Å²) in [6.07, 6.45) is 1.31. The summed E-state index contributed by atoms with van der Waals surface area (Å²) < 4.78 is 6.03. The molecular formula is C15H19BrN2O4S. The van der Waals surface area contributed by atoms with Crippen LogP contribution < -0.4 is 11.1 Å². The molecule has 2 atom stereocenters. The lowest BCUT2D eigenvalue weighted by atomic mass is 10.1. The third-order valence-electron chi connectivity index (χ3n) is 3.00. The van der Waals surface area contributed by atoms with Crippen LogP contribution in [0.2, 0.25) is 0 Å². The number of esters is 1. The summed E-state index contributed by atoms with van der Waals surface area (Å²) in [6, 6.07) is 5.09. The summed E-state index contributed by atoms with van der Waals surface area (Å²) >= 11 is 4.81. The Balaban J connectivity index is 2.70. The number of halogens is 1. The van der Waals surface area contributed by atoms with E-state index >= 15 is 0 Å². The second-order valence-electron chi connectivity index (χ2n) is 4.79. The van der Waals surface area contributed by atoms with Gasteiger partial charge in [-0.15, -0.1) is 0 Å². The standard InChI is InChI=1S/C15H19BrN2O4S/c1-9(13(19)10-3-5-11(16)6-4-10)22-14(20)12(7-8-23-2)18-15(17)21/h3-6,9,12H,7-8H2,1-2H3,(H3,17,18,21)/t9-,12-/m0/s1. The van der Waals surface area contributed by atoms with Crippen LogP contribution in [0.25, 0.3) is 0 Å². The van der Waals surface area contributed by atoms with Gasteiger partial charge in [0.2, 0.25) is 5.78 Å². The number of primary amides is 1. The van der Waals surface area contributed by atoms with Crippen molar-refractivity contribution in [1.29, 1.82) is 0 Å². The number of ether oxygens (including phenoxy) is 1. The van der Waals surface area contributed by atoms with Crippen molar-refractivity contribution in [2.45, 2.75) is 25.5 Å². The van der Waals surface area contributed by atoms with Crippen LogP contribution in [0.1, 0.15) is 23.7 Å². The van der Waals surface area contributed by atoms with E-state index in [0.717, 1.165) is 4.47 Å². The van der Waals surface area contributed by atoms with E-state index in [1.165, 1.54) is 18.7 Å². The van der Waals surface area contributed by atoms with Crippen LogP contribution in [-0.4, -0.2) is 41.9 Å². The molecule has 6 nitrogen and oxygen atoms in total. The molecule has 0 saturated carbocycles. The Labute approximate surface area is 147 Å². The number of amides is 2. The number of benzene rings is 1. The number of Topliss-reactive ketones (excluding diaryl/α,β-unsaturated/α-hetero) is 1. The number of hydrogen-bond donors (Lipinski definition) is 2. The highest BCUT2D eigenvalue weighted by atomic mass is 79.9. The third kappa shape index (κ3) is 6.62. The summed E-state index contributed by atoms with van der Waals surface area (Å²) in [7, 11) is 0. The van der Waals surface area contributed by atoms with Gasteiger partial charge in [0.15, 0.2) is 6.10 Å². The first-order valence-corrected chi connectivity index (χ1v) is 9.09. The third-order valence-corrected chi connectivity index (χ3v) is 4.18. The van der Waals surface area contributed by atoms with Gasteiger partial charge in [-0.05, 0) is 37.5 Å². The first-order valence-electron chi connectivity index (χ1n) is 6.90. The fraction of sp³-hybridized carbons (Fsp3) is 0.400. The molecule has 0 aliphatic rings. The zero-order valence-corrected chi connectivity index (χ0v) is 15.3. The van der Waals surface area contributed by atoms with Gasteiger partial charge < -0.3 is 15.8 Å². The van der Waals surface area contributed by atoms with E-state index in [0.29, 0.717) is 17.7 Å². The Morgan fingerprint density at radius 1 is 1.30 bits per heavy atom. The maximum Gasteiger partial charge on any atom is 0.329 e. The second kappa shape index (κ2) is 9.57. The normalized spacial score (nSPS) is 13.0. The van der Waals surface area contributed by atoms with Crippen LogP contribution in [-0.2, 0) is 9.53 Å². The smallest absolute Gasteiger partial charge is 0.329 e. The summed E-state index contributed by atoms with van der Waals surface area (Å²) in [5, 5.41) is 2.34. The number of nitrogens with two attached hydrogens (primary N) is 1. The molecule has 0 radical (unpaired) electrons. The van der Waals surface area contributed by atoms with Gasteiger partial charge in [-0.1, -0.05) is 28.1 Å². The van der Waals surface area contributed by atoms with Crippen molar-refractivity contribution in [3.63, 3.8) is 0 Å². The van der Waals surface area contributed by atoms with E-state index in [4.69, 9.17) is 10.5 Å². The van der Waals surface area contributed by atoms with Gasteiger partial charge in [0, 0.05) is 10.0 Å². The van der Waals surface area contributed by atoms with Crippen molar-refractivity contribution < 1.29 is 19.1 Å². The molecule has 1 rings (SSSR count). The molecule has 8 heteroatoms. The maximum absolute atomic E-state index is 12.2. The van der Waals surface area contributed by atoms with Crippen LogP contribution in [0.5, 0.6) is 0 Å². The monoisotopic (exact) mass is 402 g/mol. The van der Waals surface area contributed by atoms with Gasteiger partial charge in [0.05, 0.1) is 0 Å². The molecule has 0 bridgehead atoms. The van der Waals surface area contributed by atoms with Crippen molar-refractivity contribution in [1.82, 2.24) is 5.32 Å². The van der Waals surface area contributed by atoms with Crippen LogP contribution in [0.3, 0.4) is 0 Å². The summed E-state index contributed by atoms with van der Waals surface area (Å²) in [5.74, 6) is -0.334. The molecule has 0 aromatic heterocycles. The Morgan fingerprint density at radius 3 is 2.43 bits per heavy atom. The largest absolute Gasteiger partial charge is 0.453 e. The van der Waals surface area contributed by atoms with E-state index in [1.807, 2.05) is 6.26 Å². The van der Waals surface area contributed by atoms with Gasteiger partial charge in [-0.25, -0.2) is 9.59 Å². The van der Waals surface area contributed by atoms with Crippen molar-refractivity contribution in [3.05, 3.63) is 34.3 Å². The predicted octanol–water partition coefficient (Wildman–Crippen LogP) is 2.35. The minimum absolute atomic E-state index is 0.312. The minimum atomic E-state index is -0.949. The Morgan fingerprint density at radius 2 is 1.91 bits per heavy atom. The summed E-state index contributed by atoms with van der Waals surface area (Å²) in [4.78, 5) is 35.3. The number of carbonyl (C=O) groups excluding carboxylic acids is 3. The number of rotatable bonds is 8. The molecule has 1 aromatic rings. The zero-order valence-electron chi connectivity index (χ0n) is 12.9. The van der Waals surface area contributed by atoms with Crippen LogP contribution in [0, 0.1) is 0 Å². The van der Waals surface area contributed by atoms with Crippen molar-refractivity contribution in [2.24, 2.45) is 5.73 Å². The molecule has 23 heavy (non-hydrogen) atoms. The van der Waals surface area contributed by atoms with E-state index in [1.54, 1.807) is 24.3 Å². The van der Waals surface area contributed by atoms with E-state index in [2.05, 4.69) is 21.2 Å². The number of hydrogen-bond acceptors (Lipinski definition) is 5. The molecule has 0 heterocycles. The molecule has 2 amide bonds. The average Bonchev–Trinajstić information content (AvgIpc) is 2.50. The van der Waals surface area contributed by atoms with Crippen LogP contribution in [0.15, 0.2) is 28.7 Å². The molecule has 0 saturated heterocycles.